The standard InChI is InChI=1S/C16H23ClN2O/c17-15-9-13(10-18-14-2-3-14)1-4-16(15)19-7-5-12(11-20)6-8-19/h1,4,9,12,14,18,20H,2-3,5-8,10-11H2. The number of nitrogens with zero attached hydrogens (tertiary/aromatic N) is 1. The van der Waals surface area contributed by atoms with Gasteiger partial charge in [-0.25, -0.2) is 0 Å². The fourth-order valence-electron chi connectivity index (χ4n) is 2.82. The lowest BCUT2D eigenvalue weighted by Crippen LogP contribution is -2.34. The van der Waals surface area contributed by atoms with E-state index in [4.69, 9.17) is 11.6 Å². The molecule has 4 heteroatoms. The van der Waals surface area contributed by atoms with E-state index in [-0.39, 0.29) is 0 Å². The largest absolute Gasteiger partial charge is 0.396 e. The van der Waals surface area contributed by atoms with E-state index in [1.807, 2.05) is 0 Å². The number of aliphatic hydroxyl groups is 1. The van der Waals surface area contributed by atoms with Crippen molar-refractivity contribution in [1.29, 1.82) is 0 Å². The van der Waals surface area contributed by atoms with Crippen molar-refractivity contribution < 1.29 is 5.11 Å². The Hall–Kier alpha value is -0.770. The van der Waals surface area contributed by atoms with Crippen LogP contribution in [0.3, 0.4) is 0 Å². The van der Waals surface area contributed by atoms with Gasteiger partial charge >= 0.3 is 0 Å². The van der Waals surface area contributed by atoms with Gasteiger partial charge in [-0.05, 0) is 49.3 Å². The number of aliphatic hydroxyl groups excluding tert-OH is 1. The van der Waals surface area contributed by atoms with Crippen molar-refractivity contribution in [3.63, 3.8) is 0 Å². The molecule has 1 aromatic carbocycles. The molecule has 3 rings (SSSR count). The second kappa shape index (κ2) is 6.33. The number of piperidine rings is 1. The second-order valence-corrected chi connectivity index (χ2v) is 6.46. The van der Waals surface area contributed by atoms with Crippen molar-refractivity contribution in [2.45, 2.75) is 38.3 Å². The lowest BCUT2D eigenvalue weighted by atomic mass is 9.97. The fraction of sp³-hybridized carbons (Fsp3) is 0.625. The summed E-state index contributed by atoms with van der Waals surface area (Å²) >= 11 is 6.45. The van der Waals surface area contributed by atoms with E-state index in [9.17, 15) is 5.11 Å². The molecule has 0 aromatic heterocycles. The minimum Gasteiger partial charge on any atom is -0.396 e. The van der Waals surface area contributed by atoms with E-state index in [1.165, 1.54) is 18.4 Å². The summed E-state index contributed by atoms with van der Waals surface area (Å²) in [6.07, 6.45) is 4.73. The van der Waals surface area contributed by atoms with E-state index < -0.39 is 0 Å². The van der Waals surface area contributed by atoms with Gasteiger partial charge in [0.15, 0.2) is 0 Å². The third-order valence-corrected chi connectivity index (χ3v) is 4.70. The molecule has 1 saturated carbocycles. The monoisotopic (exact) mass is 294 g/mol. The SMILES string of the molecule is OCC1CCN(c2ccc(CNC3CC3)cc2Cl)CC1. The maximum atomic E-state index is 9.20. The molecule has 1 aliphatic carbocycles. The van der Waals surface area contributed by atoms with Gasteiger partial charge in [-0.1, -0.05) is 17.7 Å². The molecule has 3 nitrogen and oxygen atoms in total. The van der Waals surface area contributed by atoms with Crippen molar-refractivity contribution in [3.05, 3.63) is 28.8 Å². The molecule has 0 amide bonds. The first-order valence-electron chi connectivity index (χ1n) is 7.64. The maximum Gasteiger partial charge on any atom is 0.0642 e. The molecule has 1 heterocycles. The summed E-state index contributed by atoms with van der Waals surface area (Å²) in [7, 11) is 0. The van der Waals surface area contributed by atoms with Crippen LogP contribution < -0.4 is 10.2 Å². The summed E-state index contributed by atoms with van der Waals surface area (Å²) in [5, 5.41) is 13.6. The van der Waals surface area contributed by atoms with Crippen molar-refractivity contribution in [2.75, 3.05) is 24.6 Å². The van der Waals surface area contributed by atoms with Crippen LogP contribution in [0.15, 0.2) is 18.2 Å². The smallest absolute Gasteiger partial charge is 0.0642 e. The Kier molecular flexibility index (Phi) is 4.49. The number of hydrogen-bond acceptors (Lipinski definition) is 3. The van der Waals surface area contributed by atoms with Gasteiger partial charge in [0.2, 0.25) is 0 Å². The third kappa shape index (κ3) is 3.46. The quantitative estimate of drug-likeness (QED) is 0.876. The molecule has 0 spiro atoms. The molecular formula is C16H23ClN2O. The van der Waals surface area contributed by atoms with Crippen LogP contribution in [-0.2, 0) is 6.54 Å². The van der Waals surface area contributed by atoms with Gasteiger partial charge < -0.3 is 15.3 Å². The molecule has 2 aliphatic rings. The van der Waals surface area contributed by atoms with Gasteiger partial charge in [-0.3, -0.25) is 0 Å². The first-order valence-corrected chi connectivity index (χ1v) is 8.01. The highest BCUT2D eigenvalue weighted by Crippen LogP contribution is 2.30. The number of anilines is 1. The average Bonchev–Trinajstić information content (AvgIpc) is 3.30. The molecule has 20 heavy (non-hydrogen) atoms. The number of rotatable bonds is 5. The predicted octanol–water partition coefficient (Wildman–Crippen LogP) is 2.80. The average molecular weight is 295 g/mol. The minimum atomic E-state index is 0.313. The van der Waals surface area contributed by atoms with Crippen LogP contribution >= 0.6 is 11.6 Å². The zero-order valence-corrected chi connectivity index (χ0v) is 12.6. The highest BCUT2D eigenvalue weighted by atomic mass is 35.5. The molecule has 0 bridgehead atoms. The Morgan fingerprint density at radius 2 is 1.95 bits per heavy atom. The fourth-order valence-corrected chi connectivity index (χ4v) is 3.15. The van der Waals surface area contributed by atoms with Gasteiger partial charge in [0.25, 0.3) is 0 Å². The van der Waals surface area contributed by atoms with Crippen molar-refractivity contribution in [3.8, 4) is 0 Å². The summed E-state index contributed by atoms with van der Waals surface area (Å²) in [4.78, 5) is 2.34. The molecule has 0 unspecified atom stereocenters. The summed E-state index contributed by atoms with van der Waals surface area (Å²) < 4.78 is 0. The molecular weight excluding hydrogens is 272 g/mol. The van der Waals surface area contributed by atoms with Gasteiger partial charge in [0, 0.05) is 32.3 Å². The summed E-state index contributed by atoms with van der Waals surface area (Å²) in [6, 6.07) is 7.14. The van der Waals surface area contributed by atoms with E-state index in [2.05, 4.69) is 28.4 Å². The summed E-state index contributed by atoms with van der Waals surface area (Å²) in [5.41, 5.74) is 2.40. The van der Waals surface area contributed by atoms with Gasteiger partial charge in [0.1, 0.15) is 0 Å². The van der Waals surface area contributed by atoms with Gasteiger partial charge in [-0.15, -0.1) is 0 Å². The van der Waals surface area contributed by atoms with Gasteiger partial charge in [0.05, 0.1) is 10.7 Å². The highest BCUT2D eigenvalue weighted by molar-refractivity contribution is 6.33. The van der Waals surface area contributed by atoms with Crippen LogP contribution in [-0.4, -0.2) is 30.8 Å². The van der Waals surface area contributed by atoms with Crippen LogP contribution in [0.2, 0.25) is 5.02 Å². The first kappa shape index (κ1) is 14.2. The lowest BCUT2D eigenvalue weighted by Gasteiger charge is -2.33. The Bertz CT molecular complexity index is 454. The van der Waals surface area contributed by atoms with E-state index in [1.54, 1.807) is 0 Å². The highest BCUT2D eigenvalue weighted by Gasteiger charge is 2.21. The second-order valence-electron chi connectivity index (χ2n) is 6.05. The number of halogens is 1. The minimum absolute atomic E-state index is 0.313. The topological polar surface area (TPSA) is 35.5 Å². The summed E-state index contributed by atoms with van der Waals surface area (Å²) in [6.45, 7) is 3.21. The van der Waals surface area contributed by atoms with Crippen LogP contribution in [0, 0.1) is 5.92 Å². The molecule has 110 valence electrons. The predicted molar refractivity (Wildman–Crippen MR) is 83.3 cm³/mol. The molecule has 1 aromatic rings. The van der Waals surface area contributed by atoms with Crippen LogP contribution in [0.25, 0.3) is 0 Å². The Morgan fingerprint density at radius 3 is 2.55 bits per heavy atom. The van der Waals surface area contributed by atoms with Gasteiger partial charge in [-0.2, -0.15) is 0 Å². The normalized spacial score (nSPS) is 20.4. The molecule has 1 aliphatic heterocycles. The molecule has 2 N–H and O–H groups in total. The number of hydrogen-bond donors (Lipinski definition) is 2. The molecule has 2 fully saturated rings. The Labute approximate surface area is 125 Å². The molecule has 1 saturated heterocycles. The third-order valence-electron chi connectivity index (χ3n) is 4.40. The van der Waals surface area contributed by atoms with Crippen LogP contribution in [0.5, 0.6) is 0 Å². The molecule has 0 atom stereocenters. The van der Waals surface area contributed by atoms with E-state index >= 15 is 0 Å². The first-order chi connectivity index (χ1) is 9.76. The number of benzene rings is 1. The zero-order valence-electron chi connectivity index (χ0n) is 11.8. The Morgan fingerprint density at radius 1 is 1.20 bits per heavy atom. The van der Waals surface area contributed by atoms with Crippen LogP contribution in [0.1, 0.15) is 31.2 Å². The van der Waals surface area contributed by atoms with Crippen LogP contribution in [0.4, 0.5) is 5.69 Å². The maximum absolute atomic E-state index is 9.20. The van der Waals surface area contributed by atoms with Crippen molar-refractivity contribution in [1.82, 2.24) is 5.32 Å². The van der Waals surface area contributed by atoms with E-state index in [0.717, 1.165) is 49.2 Å². The van der Waals surface area contributed by atoms with E-state index in [0.29, 0.717) is 12.5 Å². The zero-order chi connectivity index (χ0) is 13.9. The lowest BCUT2D eigenvalue weighted by molar-refractivity contribution is 0.203. The molecule has 0 radical (unpaired) electrons. The van der Waals surface area contributed by atoms with Crippen molar-refractivity contribution >= 4 is 17.3 Å². The summed E-state index contributed by atoms with van der Waals surface area (Å²) in [5.74, 6) is 0.465. The Balaban J connectivity index is 1.61. The van der Waals surface area contributed by atoms with Crippen molar-refractivity contribution in [2.24, 2.45) is 5.92 Å². The number of nitrogens with one attached hydrogen (secondary N) is 1.